The Bertz CT molecular complexity index is 786. The van der Waals surface area contributed by atoms with Crippen LogP contribution < -0.4 is 10.6 Å². The van der Waals surface area contributed by atoms with E-state index in [2.05, 4.69) is 25.7 Å². The second kappa shape index (κ2) is 8.25. The Hall–Kier alpha value is -2.51. The van der Waals surface area contributed by atoms with Gasteiger partial charge in [-0.1, -0.05) is 0 Å². The van der Waals surface area contributed by atoms with Crippen molar-refractivity contribution in [2.24, 2.45) is 4.99 Å². The highest BCUT2D eigenvalue weighted by Gasteiger charge is 2.21. The molecule has 1 aromatic carbocycles. The largest absolute Gasteiger partial charge is 0.357 e. The van der Waals surface area contributed by atoms with E-state index in [1.54, 1.807) is 0 Å². The Morgan fingerprint density at radius 3 is 3.04 bits per heavy atom. The van der Waals surface area contributed by atoms with Gasteiger partial charge in [-0.15, -0.1) is 0 Å². The summed E-state index contributed by atoms with van der Waals surface area (Å²) in [4.78, 5) is 8.91. The summed E-state index contributed by atoms with van der Waals surface area (Å²) in [6.07, 6.45) is 2.16. The van der Waals surface area contributed by atoms with Crippen LogP contribution in [0.25, 0.3) is 0 Å². The normalized spacial score (nSPS) is 17.1. The van der Waals surface area contributed by atoms with Crippen LogP contribution in [0.4, 0.5) is 8.78 Å². The van der Waals surface area contributed by atoms with E-state index in [1.807, 2.05) is 18.5 Å². The third-order valence-corrected chi connectivity index (χ3v) is 4.31. The summed E-state index contributed by atoms with van der Waals surface area (Å²) in [6.45, 7) is 5.71. The molecule has 1 aliphatic rings. The minimum atomic E-state index is -0.434. The molecule has 2 aromatic rings. The van der Waals surface area contributed by atoms with Crippen LogP contribution in [0, 0.1) is 18.6 Å². The molecule has 2 heterocycles. The molecule has 0 radical (unpaired) electrons. The molecule has 140 valence electrons. The number of benzene rings is 1. The first-order chi connectivity index (χ1) is 12.5. The fourth-order valence-electron chi connectivity index (χ4n) is 3.09. The zero-order valence-electron chi connectivity index (χ0n) is 15.1. The molecule has 1 aromatic heterocycles. The van der Waals surface area contributed by atoms with Gasteiger partial charge in [0.15, 0.2) is 5.96 Å². The number of guanidine groups is 1. The Morgan fingerprint density at radius 2 is 2.23 bits per heavy atom. The maximum Gasteiger partial charge on any atom is 0.191 e. The number of aromatic nitrogens is 3. The lowest BCUT2D eigenvalue weighted by atomic mass is 10.1. The van der Waals surface area contributed by atoms with Crippen LogP contribution in [0.2, 0.25) is 0 Å². The molecule has 0 saturated heterocycles. The average molecular weight is 362 g/mol. The zero-order valence-corrected chi connectivity index (χ0v) is 15.1. The molecule has 26 heavy (non-hydrogen) atoms. The van der Waals surface area contributed by atoms with Crippen LogP contribution in [0.5, 0.6) is 0 Å². The maximum atomic E-state index is 13.7. The lowest BCUT2D eigenvalue weighted by Crippen LogP contribution is -2.47. The monoisotopic (exact) mass is 362 g/mol. The molecule has 8 heteroatoms. The molecule has 6 nitrogen and oxygen atoms in total. The van der Waals surface area contributed by atoms with Crippen LogP contribution in [-0.4, -0.2) is 39.9 Å². The quantitative estimate of drug-likeness (QED) is 0.630. The van der Waals surface area contributed by atoms with E-state index in [-0.39, 0.29) is 6.04 Å². The van der Waals surface area contributed by atoms with Gasteiger partial charge in [-0.05, 0) is 50.5 Å². The molecule has 0 aliphatic carbocycles. The van der Waals surface area contributed by atoms with Gasteiger partial charge in [0.1, 0.15) is 23.3 Å². The van der Waals surface area contributed by atoms with Crippen LogP contribution >= 0.6 is 0 Å². The highest BCUT2D eigenvalue weighted by atomic mass is 19.1. The molecular formula is C18H24F2N6. The van der Waals surface area contributed by atoms with E-state index < -0.39 is 11.6 Å². The molecule has 0 fully saturated rings. The van der Waals surface area contributed by atoms with Crippen LogP contribution in [0.1, 0.15) is 30.6 Å². The van der Waals surface area contributed by atoms with Gasteiger partial charge in [-0.2, -0.15) is 5.10 Å². The van der Waals surface area contributed by atoms with E-state index in [1.165, 1.54) is 6.07 Å². The van der Waals surface area contributed by atoms with Crippen molar-refractivity contribution in [2.75, 3.05) is 13.1 Å². The summed E-state index contributed by atoms with van der Waals surface area (Å²) in [6, 6.07) is 3.70. The molecule has 0 bridgehead atoms. The van der Waals surface area contributed by atoms with E-state index >= 15 is 0 Å². The number of rotatable bonds is 5. The number of nitrogens with one attached hydrogen (secondary N) is 2. The first kappa shape index (κ1) is 18.3. The van der Waals surface area contributed by atoms with Gasteiger partial charge >= 0.3 is 0 Å². The fourth-order valence-corrected chi connectivity index (χ4v) is 3.09. The number of hydrogen-bond acceptors (Lipinski definition) is 3. The summed E-state index contributed by atoms with van der Waals surface area (Å²) in [5, 5.41) is 11.0. The van der Waals surface area contributed by atoms with Crippen LogP contribution in [-0.2, 0) is 19.4 Å². The van der Waals surface area contributed by atoms with E-state index in [9.17, 15) is 8.78 Å². The lowest BCUT2D eigenvalue weighted by molar-refractivity contribution is 0.392. The third-order valence-electron chi connectivity index (χ3n) is 4.31. The van der Waals surface area contributed by atoms with Crippen molar-refractivity contribution >= 4 is 5.96 Å². The molecule has 0 spiro atoms. The molecule has 1 unspecified atom stereocenters. The fraction of sp³-hybridized carbons (Fsp3) is 0.500. The number of halogens is 2. The molecule has 0 amide bonds. The number of aryl methyl sites for hydroxylation is 2. The first-order valence-corrected chi connectivity index (χ1v) is 8.94. The van der Waals surface area contributed by atoms with Gasteiger partial charge < -0.3 is 10.6 Å². The molecule has 1 atom stereocenters. The highest BCUT2D eigenvalue weighted by molar-refractivity contribution is 5.80. The van der Waals surface area contributed by atoms with E-state index in [0.29, 0.717) is 24.5 Å². The van der Waals surface area contributed by atoms with Crippen LogP contribution in [0.15, 0.2) is 23.2 Å². The number of fused-ring (bicyclic) bond motifs is 1. The molecular weight excluding hydrogens is 338 g/mol. The van der Waals surface area contributed by atoms with Crippen molar-refractivity contribution in [3.63, 3.8) is 0 Å². The first-order valence-electron chi connectivity index (χ1n) is 8.94. The Kier molecular flexibility index (Phi) is 5.80. The predicted octanol–water partition coefficient (Wildman–Crippen LogP) is 1.98. The average Bonchev–Trinajstić information content (AvgIpc) is 2.97. The van der Waals surface area contributed by atoms with Gasteiger partial charge in [-0.25, -0.2) is 18.4 Å². The van der Waals surface area contributed by atoms with Gasteiger partial charge in [0.2, 0.25) is 0 Å². The summed E-state index contributed by atoms with van der Waals surface area (Å²) >= 11 is 0. The lowest BCUT2D eigenvalue weighted by Gasteiger charge is -2.25. The van der Waals surface area contributed by atoms with Crippen LogP contribution in [0.3, 0.4) is 0 Å². The summed E-state index contributed by atoms with van der Waals surface area (Å²) in [7, 11) is 0. The molecule has 2 N–H and O–H groups in total. The topological polar surface area (TPSA) is 67.1 Å². The SMILES string of the molecule is CCNC(=NCCc1cc(F)ccc1F)NC1CCc2nc(C)nn2C1. The summed E-state index contributed by atoms with van der Waals surface area (Å²) in [5.41, 5.74) is 0.338. The van der Waals surface area contributed by atoms with Gasteiger partial charge in [0, 0.05) is 25.6 Å². The van der Waals surface area contributed by atoms with Gasteiger partial charge in [-0.3, -0.25) is 4.99 Å². The smallest absolute Gasteiger partial charge is 0.191 e. The highest BCUT2D eigenvalue weighted by Crippen LogP contribution is 2.13. The minimum Gasteiger partial charge on any atom is -0.357 e. The molecule has 3 rings (SSSR count). The minimum absolute atomic E-state index is 0.201. The number of aliphatic imine (C=N–C) groups is 1. The van der Waals surface area contributed by atoms with Crippen molar-refractivity contribution in [3.8, 4) is 0 Å². The second-order valence-electron chi connectivity index (χ2n) is 6.38. The van der Waals surface area contributed by atoms with Crippen molar-refractivity contribution < 1.29 is 8.78 Å². The molecule has 0 saturated carbocycles. The maximum absolute atomic E-state index is 13.7. The number of nitrogens with zero attached hydrogens (tertiary/aromatic N) is 4. The van der Waals surface area contributed by atoms with Crippen molar-refractivity contribution in [1.29, 1.82) is 0 Å². The Morgan fingerprint density at radius 1 is 1.38 bits per heavy atom. The van der Waals surface area contributed by atoms with Gasteiger partial charge in [0.05, 0.1) is 6.54 Å². The molecule has 1 aliphatic heterocycles. The summed E-state index contributed by atoms with van der Waals surface area (Å²) < 4.78 is 28.9. The zero-order chi connectivity index (χ0) is 18.5. The Labute approximate surface area is 151 Å². The standard InChI is InChI=1S/C18H24F2N6/c1-3-21-18(22-9-8-13-10-14(19)4-6-16(13)20)24-15-5-7-17-23-12(2)25-26(17)11-15/h4,6,10,15H,3,5,7-9,11H2,1-2H3,(H2,21,22,24). The predicted molar refractivity (Wildman–Crippen MR) is 96.0 cm³/mol. The van der Waals surface area contributed by atoms with Gasteiger partial charge in [0.25, 0.3) is 0 Å². The second-order valence-corrected chi connectivity index (χ2v) is 6.38. The van der Waals surface area contributed by atoms with E-state index in [0.717, 1.165) is 49.7 Å². The third kappa shape index (κ3) is 4.56. The number of hydrogen-bond donors (Lipinski definition) is 2. The summed E-state index contributed by atoms with van der Waals surface area (Å²) in [5.74, 6) is 1.65. The van der Waals surface area contributed by atoms with Crippen molar-refractivity contribution in [3.05, 3.63) is 47.0 Å². The Balaban J connectivity index is 1.60. The van der Waals surface area contributed by atoms with E-state index in [4.69, 9.17) is 0 Å². The van der Waals surface area contributed by atoms with Crippen molar-refractivity contribution in [2.45, 2.75) is 45.7 Å². The van der Waals surface area contributed by atoms with Crippen molar-refractivity contribution in [1.82, 2.24) is 25.4 Å².